The highest BCUT2D eigenvalue weighted by Gasteiger charge is 2.41. The highest BCUT2D eigenvalue weighted by atomic mass is 16.3. The molecule has 0 spiro atoms. The number of hydrogen-bond acceptors (Lipinski definition) is 3. The summed E-state index contributed by atoms with van der Waals surface area (Å²) in [5.41, 5.74) is 3.62. The fraction of sp³-hybridized carbons (Fsp3) is 0.700. The van der Waals surface area contributed by atoms with Crippen molar-refractivity contribution < 1.29 is 5.11 Å². The Kier molecular flexibility index (Phi) is 4.98. The Bertz CT molecular complexity index is 532. The van der Waals surface area contributed by atoms with Gasteiger partial charge in [0.15, 0.2) is 0 Å². The molecule has 2 aliphatic rings. The van der Waals surface area contributed by atoms with Crippen LogP contribution in [0.1, 0.15) is 63.0 Å². The van der Waals surface area contributed by atoms with Gasteiger partial charge in [-0.25, -0.2) is 0 Å². The first-order chi connectivity index (χ1) is 11.1. The van der Waals surface area contributed by atoms with E-state index in [-0.39, 0.29) is 5.92 Å². The predicted molar refractivity (Wildman–Crippen MR) is 97.1 cm³/mol. The van der Waals surface area contributed by atoms with Crippen molar-refractivity contribution in [3.63, 3.8) is 0 Å². The summed E-state index contributed by atoms with van der Waals surface area (Å²) < 4.78 is 0. The fourth-order valence-corrected chi connectivity index (χ4v) is 4.59. The second kappa shape index (κ2) is 6.82. The Morgan fingerprint density at radius 3 is 2.52 bits per heavy atom. The van der Waals surface area contributed by atoms with Gasteiger partial charge in [-0.15, -0.1) is 0 Å². The van der Waals surface area contributed by atoms with E-state index in [2.05, 4.69) is 48.9 Å². The molecule has 0 amide bonds. The minimum atomic E-state index is -0.502. The normalized spacial score (nSPS) is 24.3. The third-order valence-electron chi connectivity index (χ3n) is 5.93. The molecule has 3 heteroatoms. The van der Waals surface area contributed by atoms with E-state index in [1.54, 1.807) is 0 Å². The summed E-state index contributed by atoms with van der Waals surface area (Å²) in [5.74, 6) is 0.266. The number of fused-ring (bicyclic) bond motifs is 1. The van der Waals surface area contributed by atoms with E-state index in [0.717, 1.165) is 39.0 Å². The van der Waals surface area contributed by atoms with Crippen molar-refractivity contribution in [1.82, 2.24) is 4.90 Å². The SMILES string of the molecule is CCN(CC)c1ccc2c(c1)CN(C)CC2C1(O)CCCCC1. The largest absolute Gasteiger partial charge is 0.389 e. The van der Waals surface area contributed by atoms with Crippen molar-refractivity contribution >= 4 is 5.69 Å². The van der Waals surface area contributed by atoms with Crippen LogP contribution in [0.25, 0.3) is 0 Å². The first kappa shape index (κ1) is 16.8. The Balaban J connectivity index is 1.94. The Labute approximate surface area is 141 Å². The van der Waals surface area contributed by atoms with Gasteiger partial charge < -0.3 is 14.9 Å². The zero-order chi connectivity index (χ0) is 16.4. The highest BCUT2D eigenvalue weighted by molar-refractivity contribution is 5.53. The van der Waals surface area contributed by atoms with E-state index in [0.29, 0.717) is 0 Å². The zero-order valence-corrected chi connectivity index (χ0v) is 15.0. The van der Waals surface area contributed by atoms with E-state index in [1.165, 1.54) is 36.1 Å². The van der Waals surface area contributed by atoms with Gasteiger partial charge in [-0.05, 0) is 57.0 Å². The van der Waals surface area contributed by atoms with Crippen LogP contribution in [0.3, 0.4) is 0 Å². The molecule has 0 aromatic heterocycles. The van der Waals surface area contributed by atoms with E-state index in [4.69, 9.17) is 0 Å². The average Bonchev–Trinajstić information content (AvgIpc) is 2.55. The van der Waals surface area contributed by atoms with Crippen molar-refractivity contribution in [2.24, 2.45) is 0 Å². The topological polar surface area (TPSA) is 26.7 Å². The monoisotopic (exact) mass is 316 g/mol. The zero-order valence-electron chi connectivity index (χ0n) is 15.0. The minimum Gasteiger partial charge on any atom is -0.389 e. The summed E-state index contributed by atoms with van der Waals surface area (Å²) in [7, 11) is 2.19. The number of rotatable bonds is 4. The number of likely N-dealkylation sites (N-methyl/N-ethyl adjacent to an activating group) is 1. The van der Waals surface area contributed by atoms with E-state index in [9.17, 15) is 5.11 Å². The maximum Gasteiger partial charge on any atom is 0.0728 e. The molecule has 1 N–H and O–H groups in total. The van der Waals surface area contributed by atoms with E-state index in [1.807, 2.05) is 0 Å². The first-order valence-corrected chi connectivity index (χ1v) is 9.36. The predicted octanol–water partition coefficient (Wildman–Crippen LogP) is 3.76. The van der Waals surface area contributed by atoms with Gasteiger partial charge >= 0.3 is 0 Å². The molecule has 3 nitrogen and oxygen atoms in total. The van der Waals surface area contributed by atoms with Crippen molar-refractivity contribution in [2.45, 2.75) is 64.0 Å². The minimum absolute atomic E-state index is 0.266. The standard InChI is InChI=1S/C20H32N2O/c1-4-22(5-2)17-9-10-18-16(13-17)14-21(3)15-19(18)20(23)11-7-6-8-12-20/h9-10,13,19,23H,4-8,11-12,14-15H2,1-3H3. The molecule has 1 aliphatic heterocycles. The molecule has 1 heterocycles. The molecule has 1 unspecified atom stereocenters. The maximum atomic E-state index is 11.3. The number of aliphatic hydroxyl groups is 1. The molecular formula is C20H32N2O. The quantitative estimate of drug-likeness (QED) is 0.916. The smallest absolute Gasteiger partial charge is 0.0728 e. The lowest BCUT2D eigenvalue weighted by atomic mass is 9.70. The van der Waals surface area contributed by atoms with E-state index >= 15 is 0 Å². The lowest BCUT2D eigenvalue weighted by molar-refractivity contribution is -0.0333. The summed E-state index contributed by atoms with van der Waals surface area (Å²) in [4.78, 5) is 4.78. The van der Waals surface area contributed by atoms with Crippen molar-refractivity contribution in [3.05, 3.63) is 29.3 Å². The summed E-state index contributed by atoms with van der Waals surface area (Å²) in [6.07, 6.45) is 5.54. The Morgan fingerprint density at radius 1 is 1.17 bits per heavy atom. The van der Waals surface area contributed by atoms with Crippen LogP contribution < -0.4 is 4.90 Å². The van der Waals surface area contributed by atoms with Crippen molar-refractivity contribution in [3.8, 4) is 0 Å². The van der Waals surface area contributed by atoms with Crippen LogP contribution in [0.4, 0.5) is 5.69 Å². The van der Waals surface area contributed by atoms with Gasteiger partial charge in [-0.2, -0.15) is 0 Å². The van der Waals surface area contributed by atoms with Gasteiger partial charge in [0.05, 0.1) is 5.60 Å². The van der Waals surface area contributed by atoms with Gasteiger partial charge in [0, 0.05) is 37.8 Å². The lowest BCUT2D eigenvalue weighted by Gasteiger charge is -2.44. The van der Waals surface area contributed by atoms with E-state index < -0.39 is 5.60 Å². The van der Waals surface area contributed by atoms with Gasteiger partial charge in [-0.3, -0.25) is 0 Å². The summed E-state index contributed by atoms with van der Waals surface area (Å²) in [6.45, 7) is 8.48. The average molecular weight is 316 g/mol. The summed E-state index contributed by atoms with van der Waals surface area (Å²) in [6, 6.07) is 6.92. The van der Waals surface area contributed by atoms with Crippen LogP contribution in [-0.4, -0.2) is 42.3 Å². The maximum absolute atomic E-state index is 11.3. The second-order valence-electron chi connectivity index (χ2n) is 7.47. The van der Waals surface area contributed by atoms with Crippen LogP contribution in [0.5, 0.6) is 0 Å². The van der Waals surface area contributed by atoms with Crippen molar-refractivity contribution in [1.29, 1.82) is 0 Å². The third kappa shape index (κ3) is 3.27. The first-order valence-electron chi connectivity index (χ1n) is 9.36. The fourth-order valence-electron chi connectivity index (χ4n) is 4.59. The number of hydrogen-bond donors (Lipinski definition) is 1. The second-order valence-corrected chi connectivity index (χ2v) is 7.47. The molecule has 1 fully saturated rings. The van der Waals surface area contributed by atoms with Crippen LogP contribution in [0, 0.1) is 0 Å². The van der Waals surface area contributed by atoms with Crippen molar-refractivity contribution in [2.75, 3.05) is 31.6 Å². The molecule has 1 aromatic rings. The van der Waals surface area contributed by atoms with Crippen LogP contribution >= 0.6 is 0 Å². The molecule has 0 saturated heterocycles. The molecule has 23 heavy (non-hydrogen) atoms. The molecule has 1 aromatic carbocycles. The molecule has 1 atom stereocenters. The van der Waals surface area contributed by atoms with Gasteiger partial charge in [0.1, 0.15) is 0 Å². The molecule has 0 bridgehead atoms. The Hall–Kier alpha value is -1.06. The lowest BCUT2D eigenvalue weighted by Crippen LogP contribution is -2.46. The van der Waals surface area contributed by atoms with Gasteiger partial charge in [0.25, 0.3) is 0 Å². The number of nitrogens with zero attached hydrogens (tertiary/aromatic N) is 2. The number of benzene rings is 1. The van der Waals surface area contributed by atoms with Gasteiger partial charge in [-0.1, -0.05) is 25.3 Å². The molecule has 128 valence electrons. The van der Waals surface area contributed by atoms with Gasteiger partial charge in [0.2, 0.25) is 0 Å². The molecule has 3 rings (SSSR count). The molecule has 0 radical (unpaired) electrons. The highest BCUT2D eigenvalue weighted by Crippen LogP contribution is 2.44. The number of anilines is 1. The van der Waals surface area contributed by atoms with Crippen LogP contribution in [0.15, 0.2) is 18.2 Å². The third-order valence-corrected chi connectivity index (χ3v) is 5.93. The summed E-state index contributed by atoms with van der Waals surface area (Å²) >= 11 is 0. The molecular weight excluding hydrogens is 284 g/mol. The van der Waals surface area contributed by atoms with Crippen LogP contribution in [0.2, 0.25) is 0 Å². The summed E-state index contributed by atoms with van der Waals surface area (Å²) in [5, 5.41) is 11.3. The molecule has 1 saturated carbocycles. The Morgan fingerprint density at radius 2 is 1.87 bits per heavy atom. The van der Waals surface area contributed by atoms with Crippen LogP contribution in [-0.2, 0) is 6.54 Å². The molecule has 1 aliphatic carbocycles.